The number of fused-ring (bicyclic) bond motifs is 1. The molecule has 0 bridgehead atoms. The molecule has 0 spiro atoms. The van der Waals surface area contributed by atoms with Crippen LogP contribution in [0.5, 0.6) is 0 Å². The summed E-state index contributed by atoms with van der Waals surface area (Å²) in [5.74, 6) is 0.0633. The number of nitrogens with zero attached hydrogens (tertiary/aromatic N) is 1. The summed E-state index contributed by atoms with van der Waals surface area (Å²) in [7, 11) is 0. The van der Waals surface area contributed by atoms with Crippen LogP contribution in [0.1, 0.15) is 35.7 Å². The van der Waals surface area contributed by atoms with Crippen molar-refractivity contribution in [3.05, 3.63) is 40.5 Å². The van der Waals surface area contributed by atoms with E-state index < -0.39 is 0 Å². The molecule has 0 aliphatic carbocycles. The first kappa shape index (κ1) is 12.1. The first-order valence-electron chi connectivity index (χ1n) is 5.72. The van der Waals surface area contributed by atoms with Crippen LogP contribution in [0.4, 0.5) is 0 Å². The zero-order valence-corrected chi connectivity index (χ0v) is 10.7. The van der Waals surface area contributed by atoms with Gasteiger partial charge in [-0.15, -0.1) is 0 Å². The lowest BCUT2D eigenvalue weighted by atomic mass is 10.0. The van der Waals surface area contributed by atoms with E-state index in [4.69, 9.17) is 11.6 Å². The van der Waals surface area contributed by atoms with E-state index in [0.717, 1.165) is 22.9 Å². The Bertz CT molecular complexity index is 578. The molecule has 0 radical (unpaired) electrons. The van der Waals surface area contributed by atoms with Gasteiger partial charge in [0.25, 0.3) is 0 Å². The number of halogens is 1. The van der Waals surface area contributed by atoms with Crippen LogP contribution in [0.3, 0.4) is 0 Å². The molecule has 0 aliphatic rings. The van der Waals surface area contributed by atoms with E-state index in [0.29, 0.717) is 17.0 Å². The summed E-state index contributed by atoms with van der Waals surface area (Å²) in [6.45, 7) is 3.96. The second-order valence-electron chi connectivity index (χ2n) is 4.13. The number of carbonyl (C=O) groups is 1. The van der Waals surface area contributed by atoms with Crippen LogP contribution in [-0.4, -0.2) is 10.8 Å². The molecule has 88 valence electrons. The maximum Gasteiger partial charge on any atom is 0.165 e. The van der Waals surface area contributed by atoms with Crippen molar-refractivity contribution in [1.82, 2.24) is 4.98 Å². The number of aromatic nitrogens is 1. The van der Waals surface area contributed by atoms with Gasteiger partial charge in [-0.2, -0.15) is 0 Å². The molecule has 1 heterocycles. The fourth-order valence-corrected chi connectivity index (χ4v) is 2.20. The molecule has 1 aromatic carbocycles. The summed E-state index contributed by atoms with van der Waals surface area (Å²) in [6.07, 6.45) is 2.93. The van der Waals surface area contributed by atoms with Crippen molar-refractivity contribution in [2.24, 2.45) is 0 Å². The van der Waals surface area contributed by atoms with Crippen LogP contribution in [0.25, 0.3) is 10.9 Å². The molecule has 0 saturated carbocycles. The Hall–Kier alpha value is -1.41. The van der Waals surface area contributed by atoms with E-state index in [2.05, 4.69) is 4.98 Å². The molecule has 17 heavy (non-hydrogen) atoms. The van der Waals surface area contributed by atoms with Crippen LogP contribution in [-0.2, 0) is 0 Å². The molecular weight excluding hydrogens is 234 g/mol. The average molecular weight is 248 g/mol. The summed E-state index contributed by atoms with van der Waals surface area (Å²) in [5.41, 5.74) is 2.47. The smallest absolute Gasteiger partial charge is 0.165 e. The van der Waals surface area contributed by atoms with E-state index in [1.54, 1.807) is 6.20 Å². The molecule has 2 rings (SSSR count). The molecule has 0 saturated heterocycles. The largest absolute Gasteiger partial charge is 0.294 e. The molecule has 1 aromatic heterocycles. The quantitative estimate of drug-likeness (QED) is 0.762. The molecular formula is C14H14ClNO. The van der Waals surface area contributed by atoms with Crippen LogP contribution >= 0.6 is 11.6 Å². The van der Waals surface area contributed by atoms with Crippen molar-refractivity contribution in [2.75, 3.05) is 0 Å². The average Bonchev–Trinajstić information content (AvgIpc) is 2.31. The Morgan fingerprint density at radius 1 is 1.41 bits per heavy atom. The van der Waals surface area contributed by atoms with Crippen molar-refractivity contribution in [2.45, 2.75) is 26.7 Å². The zero-order valence-electron chi connectivity index (χ0n) is 9.96. The number of hydrogen-bond donors (Lipinski definition) is 0. The van der Waals surface area contributed by atoms with Gasteiger partial charge in [0.1, 0.15) is 0 Å². The number of carbonyl (C=O) groups excluding carboxylic acids is 1. The van der Waals surface area contributed by atoms with Crippen molar-refractivity contribution in [1.29, 1.82) is 0 Å². The number of Topliss-reactive ketones (excluding diaryl/α,β-unsaturated/α-hetero) is 1. The van der Waals surface area contributed by atoms with Gasteiger partial charge < -0.3 is 0 Å². The Kier molecular flexibility index (Phi) is 3.43. The number of pyridine rings is 1. The highest BCUT2D eigenvalue weighted by Crippen LogP contribution is 2.28. The third-order valence-electron chi connectivity index (χ3n) is 2.81. The molecule has 0 aliphatic heterocycles. The highest BCUT2D eigenvalue weighted by atomic mass is 35.5. The van der Waals surface area contributed by atoms with Gasteiger partial charge in [0.05, 0.1) is 16.1 Å². The van der Waals surface area contributed by atoms with Gasteiger partial charge in [-0.25, -0.2) is 0 Å². The molecule has 0 fully saturated rings. The summed E-state index contributed by atoms with van der Waals surface area (Å²) >= 11 is 6.28. The number of benzene rings is 1. The fraction of sp³-hybridized carbons (Fsp3) is 0.286. The summed E-state index contributed by atoms with van der Waals surface area (Å²) < 4.78 is 0. The fourth-order valence-electron chi connectivity index (χ4n) is 1.89. The van der Waals surface area contributed by atoms with Gasteiger partial charge in [-0.1, -0.05) is 36.7 Å². The van der Waals surface area contributed by atoms with E-state index in [9.17, 15) is 4.79 Å². The van der Waals surface area contributed by atoms with Crippen LogP contribution in [0.15, 0.2) is 24.4 Å². The summed E-state index contributed by atoms with van der Waals surface area (Å²) in [4.78, 5) is 16.2. The maximum absolute atomic E-state index is 11.9. The third kappa shape index (κ3) is 2.18. The minimum Gasteiger partial charge on any atom is -0.294 e. The predicted octanol–water partition coefficient (Wildman–Crippen LogP) is 4.18. The van der Waals surface area contributed by atoms with E-state index >= 15 is 0 Å². The van der Waals surface area contributed by atoms with Gasteiger partial charge in [-0.3, -0.25) is 9.78 Å². The van der Waals surface area contributed by atoms with Crippen LogP contribution in [0, 0.1) is 6.92 Å². The SMILES string of the molecule is CCCC(=O)c1cnc2c(C)cccc2c1Cl. The molecule has 0 atom stereocenters. The molecule has 2 aromatic rings. The molecule has 3 heteroatoms. The van der Waals surface area contributed by atoms with Gasteiger partial charge >= 0.3 is 0 Å². The number of para-hydroxylation sites is 1. The Morgan fingerprint density at radius 3 is 2.88 bits per heavy atom. The van der Waals surface area contributed by atoms with E-state index in [1.807, 2.05) is 32.0 Å². The van der Waals surface area contributed by atoms with Crippen molar-refractivity contribution >= 4 is 28.3 Å². The van der Waals surface area contributed by atoms with Gasteiger partial charge in [0, 0.05) is 18.0 Å². The Morgan fingerprint density at radius 2 is 2.18 bits per heavy atom. The number of ketones is 1. The highest BCUT2D eigenvalue weighted by Gasteiger charge is 2.13. The van der Waals surface area contributed by atoms with Crippen LogP contribution in [0.2, 0.25) is 5.02 Å². The number of rotatable bonds is 3. The topological polar surface area (TPSA) is 30.0 Å². The lowest BCUT2D eigenvalue weighted by Crippen LogP contribution is -2.01. The molecule has 0 unspecified atom stereocenters. The lowest BCUT2D eigenvalue weighted by molar-refractivity contribution is 0.0981. The van der Waals surface area contributed by atoms with Gasteiger partial charge in [0.2, 0.25) is 0 Å². The summed E-state index contributed by atoms with van der Waals surface area (Å²) in [6, 6.07) is 5.82. The zero-order chi connectivity index (χ0) is 12.4. The number of aryl methyl sites for hydroxylation is 1. The second-order valence-corrected chi connectivity index (χ2v) is 4.51. The normalized spacial score (nSPS) is 10.8. The Balaban J connectivity index is 2.62. The molecule has 2 nitrogen and oxygen atoms in total. The standard InChI is InChI=1S/C14H14ClNO/c1-3-5-12(17)11-8-16-14-9(2)6-4-7-10(14)13(11)15/h4,6-8H,3,5H2,1-2H3. The first-order valence-corrected chi connectivity index (χ1v) is 6.10. The lowest BCUT2D eigenvalue weighted by Gasteiger charge is -2.07. The first-order chi connectivity index (χ1) is 8.15. The third-order valence-corrected chi connectivity index (χ3v) is 3.22. The molecule has 0 N–H and O–H groups in total. The van der Waals surface area contributed by atoms with Crippen molar-refractivity contribution in [3.8, 4) is 0 Å². The van der Waals surface area contributed by atoms with Crippen molar-refractivity contribution < 1.29 is 4.79 Å². The number of hydrogen-bond acceptors (Lipinski definition) is 2. The highest BCUT2D eigenvalue weighted by molar-refractivity contribution is 6.38. The maximum atomic E-state index is 11.9. The minimum atomic E-state index is 0.0633. The van der Waals surface area contributed by atoms with Crippen molar-refractivity contribution in [3.63, 3.8) is 0 Å². The molecule has 0 amide bonds. The van der Waals surface area contributed by atoms with E-state index in [1.165, 1.54) is 0 Å². The van der Waals surface area contributed by atoms with E-state index in [-0.39, 0.29) is 5.78 Å². The van der Waals surface area contributed by atoms with Gasteiger partial charge in [0.15, 0.2) is 5.78 Å². The minimum absolute atomic E-state index is 0.0633. The monoisotopic (exact) mass is 247 g/mol. The second kappa shape index (κ2) is 4.84. The van der Waals surface area contributed by atoms with Gasteiger partial charge in [-0.05, 0) is 18.9 Å². The summed E-state index contributed by atoms with van der Waals surface area (Å²) in [5, 5.41) is 1.38. The predicted molar refractivity (Wildman–Crippen MR) is 70.7 cm³/mol. The Labute approximate surface area is 106 Å². The van der Waals surface area contributed by atoms with Crippen LogP contribution < -0.4 is 0 Å².